The number of ether oxygens (including phenoxy) is 3. The summed E-state index contributed by atoms with van der Waals surface area (Å²) in [5.74, 6) is 1.60. The summed E-state index contributed by atoms with van der Waals surface area (Å²) in [7, 11) is 3.18. The topological polar surface area (TPSA) is 113 Å². The number of hydrogen-bond donors (Lipinski definition) is 1. The molecule has 0 spiro atoms. The Morgan fingerprint density at radius 1 is 1.12 bits per heavy atom. The Balaban J connectivity index is 1.70. The number of esters is 1. The minimum atomic E-state index is -0.512. The van der Waals surface area contributed by atoms with Crippen molar-refractivity contribution < 1.29 is 19.0 Å². The molecule has 10 heteroatoms. The predicted octanol–water partition coefficient (Wildman–Crippen LogP) is 2.99. The second-order valence-electron chi connectivity index (χ2n) is 6.67. The molecule has 0 amide bonds. The van der Waals surface area contributed by atoms with Crippen molar-refractivity contribution in [3.63, 3.8) is 0 Å². The summed E-state index contributed by atoms with van der Waals surface area (Å²) in [6.07, 6.45) is 4.76. The van der Waals surface area contributed by atoms with Crippen LogP contribution in [0.1, 0.15) is 22.8 Å². The van der Waals surface area contributed by atoms with Gasteiger partial charge in [-0.05, 0) is 36.8 Å². The molecule has 3 heterocycles. The van der Waals surface area contributed by atoms with Crippen LogP contribution < -0.4 is 14.8 Å². The van der Waals surface area contributed by atoms with E-state index in [0.717, 1.165) is 11.1 Å². The van der Waals surface area contributed by atoms with Gasteiger partial charge in [-0.3, -0.25) is 4.98 Å². The maximum Gasteiger partial charge on any atom is 0.343 e. The molecular formula is C22H22N6O4. The largest absolute Gasteiger partial charge is 0.493 e. The predicted molar refractivity (Wildman–Crippen MR) is 117 cm³/mol. The number of nitrogens with zero attached hydrogens (tertiary/aromatic N) is 5. The first-order valence-electron chi connectivity index (χ1n) is 9.92. The van der Waals surface area contributed by atoms with Gasteiger partial charge in [0.05, 0.1) is 20.8 Å². The van der Waals surface area contributed by atoms with Crippen LogP contribution in [-0.4, -0.2) is 51.4 Å². The highest BCUT2D eigenvalue weighted by molar-refractivity contribution is 5.96. The second kappa shape index (κ2) is 9.29. The fourth-order valence-electron chi connectivity index (χ4n) is 3.13. The fraction of sp³-hybridized carbons (Fsp3) is 0.227. The van der Waals surface area contributed by atoms with E-state index in [4.69, 9.17) is 14.2 Å². The Bertz CT molecular complexity index is 1240. The zero-order valence-corrected chi connectivity index (χ0v) is 17.9. The number of hydrogen-bond acceptors (Lipinski definition) is 9. The van der Waals surface area contributed by atoms with Crippen molar-refractivity contribution in [2.24, 2.45) is 0 Å². The second-order valence-corrected chi connectivity index (χ2v) is 6.67. The number of pyridine rings is 1. The Morgan fingerprint density at radius 3 is 2.69 bits per heavy atom. The van der Waals surface area contributed by atoms with Crippen molar-refractivity contribution in [1.29, 1.82) is 0 Å². The number of anilines is 1. The first-order valence-corrected chi connectivity index (χ1v) is 9.92. The van der Waals surface area contributed by atoms with Crippen molar-refractivity contribution in [2.75, 3.05) is 26.1 Å². The van der Waals surface area contributed by atoms with Gasteiger partial charge in [-0.1, -0.05) is 6.07 Å². The molecule has 0 fully saturated rings. The lowest BCUT2D eigenvalue weighted by molar-refractivity contribution is 0.0527. The molecule has 4 rings (SSSR count). The molecule has 1 N–H and O–H groups in total. The van der Waals surface area contributed by atoms with Crippen LogP contribution in [0.3, 0.4) is 0 Å². The van der Waals surface area contributed by atoms with Gasteiger partial charge in [-0.2, -0.15) is 4.52 Å². The van der Waals surface area contributed by atoms with Crippen LogP contribution in [-0.2, 0) is 11.3 Å². The third-order valence-electron chi connectivity index (χ3n) is 4.68. The number of rotatable bonds is 8. The molecule has 0 saturated carbocycles. The average Bonchev–Trinajstić information content (AvgIpc) is 3.28. The van der Waals surface area contributed by atoms with Crippen molar-refractivity contribution in [3.05, 3.63) is 60.0 Å². The van der Waals surface area contributed by atoms with E-state index in [9.17, 15) is 4.79 Å². The average molecular weight is 434 g/mol. The van der Waals surface area contributed by atoms with Gasteiger partial charge in [-0.15, -0.1) is 5.10 Å². The lowest BCUT2D eigenvalue weighted by Gasteiger charge is -2.11. The van der Waals surface area contributed by atoms with Crippen LogP contribution >= 0.6 is 0 Å². The minimum Gasteiger partial charge on any atom is -0.493 e. The van der Waals surface area contributed by atoms with Crippen molar-refractivity contribution in [1.82, 2.24) is 24.6 Å². The molecule has 0 radical (unpaired) electrons. The maximum absolute atomic E-state index is 12.4. The van der Waals surface area contributed by atoms with E-state index in [1.54, 1.807) is 39.6 Å². The minimum absolute atomic E-state index is 0.228. The lowest BCUT2D eigenvalue weighted by atomic mass is 10.2. The van der Waals surface area contributed by atoms with Gasteiger partial charge >= 0.3 is 5.97 Å². The van der Waals surface area contributed by atoms with E-state index in [-0.39, 0.29) is 12.2 Å². The van der Waals surface area contributed by atoms with E-state index < -0.39 is 5.97 Å². The number of aromatic nitrogens is 5. The van der Waals surface area contributed by atoms with Crippen LogP contribution in [0.15, 0.2) is 48.9 Å². The third-order valence-corrected chi connectivity index (χ3v) is 4.68. The summed E-state index contributed by atoms with van der Waals surface area (Å²) in [6.45, 7) is 2.42. The van der Waals surface area contributed by atoms with E-state index >= 15 is 0 Å². The summed E-state index contributed by atoms with van der Waals surface area (Å²) in [6, 6.07) is 9.26. The molecule has 0 saturated heterocycles. The number of fused-ring (bicyclic) bond motifs is 1. The highest BCUT2D eigenvalue weighted by Crippen LogP contribution is 2.28. The van der Waals surface area contributed by atoms with Gasteiger partial charge in [0.25, 0.3) is 0 Å². The van der Waals surface area contributed by atoms with Crippen LogP contribution in [0.2, 0.25) is 0 Å². The highest BCUT2D eigenvalue weighted by atomic mass is 16.5. The first kappa shape index (κ1) is 21.0. The zero-order valence-electron chi connectivity index (χ0n) is 17.9. The normalized spacial score (nSPS) is 10.7. The van der Waals surface area contributed by atoms with Gasteiger partial charge in [0, 0.05) is 30.7 Å². The van der Waals surface area contributed by atoms with E-state index in [0.29, 0.717) is 35.5 Å². The van der Waals surface area contributed by atoms with Gasteiger partial charge in [0.15, 0.2) is 23.0 Å². The van der Waals surface area contributed by atoms with Crippen LogP contribution in [0.5, 0.6) is 11.5 Å². The number of nitrogens with one attached hydrogen (secondary N) is 1. The Kier molecular flexibility index (Phi) is 6.11. The molecule has 4 aromatic rings. The molecule has 0 atom stereocenters. The molecule has 0 bridgehead atoms. The van der Waals surface area contributed by atoms with Gasteiger partial charge in [-0.25, -0.2) is 14.8 Å². The van der Waals surface area contributed by atoms with E-state index in [1.807, 2.05) is 24.3 Å². The number of methoxy groups -OCH3 is 2. The zero-order chi connectivity index (χ0) is 22.5. The lowest BCUT2D eigenvalue weighted by Crippen LogP contribution is -2.12. The molecule has 0 aliphatic carbocycles. The van der Waals surface area contributed by atoms with Crippen molar-refractivity contribution >= 4 is 17.6 Å². The number of carbonyl (C=O) groups excluding carboxylic acids is 1. The van der Waals surface area contributed by atoms with Gasteiger partial charge in [0.2, 0.25) is 5.95 Å². The number of benzene rings is 1. The monoisotopic (exact) mass is 434 g/mol. The molecule has 3 aromatic heterocycles. The summed E-state index contributed by atoms with van der Waals surface area (Å²) in [5, 5.41) is 7.79. The van der Waals surface area contributed by atoms with Crippen LogP contribution in [0, 0.1) is 0 Å². The standard InChI is InChI=1S/C22H22N6O4/c1-4-32-21(29)16-13-25-22(24-11-14-7-8-17(30-2)18(10-14)31-3)28-20(16)26-19(27-28)15-6-5-9-23-12-15/h5-10,12-13H,4,11H2,1-3H3,(H,24,25). The highest BCUT2D eigenvalue weighted by Gasteiger charge is 2.20. The molecule has 10 nitrogen and oxygen atoms in total. The van der Waals surface area contributed by atoms with Crippen molar-refractivity contribution in [3.8, 4) is 22.9 Å². The SMILES string of the molecule is CCOC(=O)c1cnc(NCc2ccc(OC)c(OC)c2)n2nc(-c3cccnc3)nc12. The van der Waals surface area contributed by atoms with E-state index in [1.165, 1.54) is 10.7 Å². The van der Waals surface area contributed by atoms with Crippen LogP contribution in [0.4, 0.5) is 5.95 Å². The van der Waals surface area contributed by atoms with Crippen molar-refractivity contribution in [2.45, 2.75) is 13.5 Å². The van der Waals surface area contributed by atoms with E-state index in [2.05, 4.69) is 25.4 Å². The Labute approximate surface area is 184 Å². The molecule has 0 aliphatic rings. The molecule has 164 valence electrons. The molecule has 1 aromatic carbocycles. The third kappa shape index (κ3) is 4.15. The van der Waals surface area contributed by atoms with Gasteiger partial charge in [0.1, 0.15) is 5.56 Å². The quantitative estimate of drug-likeness (QED) is 0.418. The summed E-state index contributed by atoms with van der Waals surface area (Å²) in [4.78, 5) is 25.5. The maximum atomic E-state index is 12.4. The molecule has 0 unspecified atom stereocenters. The van der Waals surface area contributed by atoms with Crippen LogP contribution in [0.25, 0.3) is 17.0 Å². The Morgan fingerprint density at radius 2 is 1.97 bits per heavy atom. The summed E-state index contributed by atoms with van der Waals surface area (Å²) >= 11 is 0. The fourth-order valence-corrected chi connectivity index (χ4v) is 3.13. The summed E-state index contributed by atoms with van der Waals surface area (Å²) in [5.41, 5.74) is 2.23. The Hall–Kier alpha value is -4.21. The first-order chi connectivity index (χ1) is 15.6. The molecule has 32 heavy (non-hydrogen) atoms. The summed E-state index contributed by atoms with van der Waals surface area (Å²) < 4.78 is 17.3. The molecular weight excluding hydrogens is 412 g/mol. The number of carbonyl (C=O) groups is 1. The van der Waals surface area contributed by atoms with Gasteiger partial charge < -0.3 is 19.5 Å². The smallest absolute Gasteiger partial charge is 0.343 e. The molecule has 0 aliphatic heterocycles.